The summed E-state index contributed by atoms with van der Waals surface area (Å²) in [6.45, 7) is 5.26. The van der Waals surface area contributed by atoms with E-state index < -0.39 is 47.9 Å². The van der Waals surface area contributed by atoms with Crippen molar-refractivity contribution in [1.82, 2.24) is 16.0 Å². The van der Waals surface area contributed by atoms with Crippen LogP contribution >= 0.6 is 23.5 Å². The molecule has 0 fully saturated rings. The molecule has 0 saturated heterocycles. The van der Waals surface area contributed by atoms with E-state index in [2.05, 4.69) is 16.0 Å². The van der Waals surface area contributed by atoms with Crippen molar-refractivity contribution >= 4 is 47.2 Å². The van der Waals surface area contributed by atoms with E-state index in [9.17, 15) is 24.3 Å². The van der Waals surface area contributed by atoms with Crippen LogP contribution in [-0.2, 0) is 19.2 Å². The molecule has 0 aliphatic carbocycles. The van der Waals surface area contributed by atoms with Crippen molar-refractivity contribution in [2.45, 2.75) is 64.2 Å². The fraction of sp³-hybridized carbons (Fsp3) is 0.789. The number of hydrogen-bond donors (Lipinski definition) is 5. The molecule has 0 rings (SSSR count). The SMILES string of the molecule is CSCCC(NC(=O)C(C)N)C(=O)NC(CCSC)C(=O)NC(CC(C)C)C(=O)O. The van der Waals surface area contributed by atoms with Gasteiger partial charge in [-0.3, -0.25) is 14.4 Å². The van der Waals surface area contributed by atoms with Gasteiger partial charge in [0, 0.05) is 0 Å². The number of amides is 3. The first-order chi connectivity index (χ1) is 14.0. The van der Waals surface area contributed by atoms with Crippen LogP contribution in [0.1, 0.15) is 40.0 Å². The van der Waals surface area contributed by atoms with Gasteiger partial charge >= 0.3 is 5.97 Å². The van der Waals surface area contributed by atoms with Gasteiger partial charge in [0.1, 0.15) is 18.1 Å². The van der Waals surface area contributed by atoms with Gasteiger partial charge in [-0.05, 0) is 56.1 Å². The number of carbonyl (C=O) groups is 4. The summed E-state index contributed by atoms with van der Waals surface area (Å²) in [5.74, 6) is -1.30. The minimum absolute atomic E-state index is 0.0787. The topological polar surface area (TPSA) is 151 Å². The fourth-order valence-electron chi connectivity index (χ4n) is 2.55. The number of aliphatic carboxylic acids is 1. The summed E-state index contributed by atoms with van der Waals surface area (Å²) >= 11 is 3.04. The van der Waals surface area contributed by atoms with Gasteiger partial charge in [-0.1, -0.05) is 13.8 Å². The lowest BCUT2D eigenvalue weighted by atomic mass is 10.0. The van der Waals surface area contributed by atoms with Crippen molar-refractivity contribution in [2.75, 3.05) is 24.0 Å². The van der Waals surface area contributed by atoms with Gasteiger partial charge in [-0.25, -0.2) is 4.79 Å². The van der Waals surface area contributed by atoms with Crippen molar-refractivity contribution in [3.8, 4) is 0 Å². The maximum absolute atomic E-state index is 12.8. The number of nitrogens with two attached hydrogens (primary N) is 1. The molecule has 6 N–H and O–H groups in total. The second-order valence-corrected chi connectivity index (χ2v) is 9.47. The van der Waals surface area contributed by atoms with Gasteiger partial charge in [0.15, 0.2) is 0 Å². The molecule has 0 aliphatic rings. The molecule has 3 amide bonds. The minimum Gasteiger partial charge on any atom is -0.480 e. The van der Waals surface area contributed by atoms with E-state index in [1.807, 2.05) is 26.4 Å². The molecule has 174 valence electrons. The fourth-order valence-corrected chi connectivity index (χ4v) is 3.49. The molecule has 0 radical (unpaired) electrons. The molecule has 0 aromatic heterocycles. The number of hydrogen-bond acceptors (Lipinski definition) is 7. The van der Waals surface area contributed by atoms with Crippen LogP contribution in [0.4, 0.5) is 0 Å². The van der Waals surface area contributed by atoms with Crippen molar-refractivity contribution in [3.63, 3.8) is 0 Å². The zero-order valence-corrected chi connectivity index (χ0v) is 20.0. The van der Waals surface area contributed by atoms with Crippen LogP contribution in [0, 0.1) is 5.92 Å². The van der Waals surface area contributed by atoms with E-state index in [1.54, 1.807) is 0 Å². The van der Waals surface area contributed by atoms with E-state index in [1.165, 1.54) is 30.4 Å². The van der Waals surface area contributed by atoms with E-state index in [0.29, 0.717) is 24.3 Å². The summed E-state index contributed by atoms with van der Waals surface area (Å²) in [6.07, 6.45) is 4.76. The number of nitrogens with one attached hydrogen (secondary N) is 3. The van der Waals surface area contributed by atoms with Crippen LogP contribution in [0.5, 0.6) is 0 Å². The number of carboxylic acids is 1. The van der Waals surface area contributed by atoms with Crippen LogP contribution in [0.3, 0.4) is 0 Å². The quantitative estimate of drug-likeness (QED) is 0.234. The second kappa shape index (κ2) is 15.4. The van der Waals surface area contributed by atoms with E-state index in [0.717, 1.165) is 0 Å². The van der Waals surface area contributed by atoms with Crippen LogP contribution in [0.2, 0.25) is 0 Å². The average molecular weight is 465 g/mol. The van der Waals surface area contributed by atoms with Gasteiger partial charge < -0.3 is 26.8 Å². The maximum Gasteiger partial charge on any atom is 0.326 e. The van der Waals surface area contributed by atoms with Crippen LogP contribution in [0.15, 0.2) is 0 Å². The van der Waals surface area contributed by atoms with E-state index in [-0.39, 0.29) is 12.3 Å². The third-order valence-corrected chi connectivity index (χ3v) is 5.51. The monoisotopic (exact) mass is 464 g/mol. The van der Waals surface area contributed by atoms with Gasteiger partial charge in [-0.2, -0.15) is 23.5 Å². The number of thioether (sulfide) groups is 2. The Balaban J connectivity index is 5.32. The minimum atomic E-state index is -1.12. The summed E-state index contributed by atoms with van der Waals surface area (Å²) in [5.41, 5.74) is 5.58. The third-order valence-electron chi connectivity index (χ3n) is 4.22. The standard InChI is InChI=1S/C19H36N4O5S2/c1-11(2)10-15(19(27)28)23-18(26)14(7-9-30-5)22-17(25)13(6-8-29-4)21-16(24)12(3)20/h11-15H,6-10,20H2,1-5H3,(H,21,24)(H,22,25)(H,23,26)(H,27,28). The van der Waals surface area contributed by atoms with Crippen LogP contribution in [-0.4, -0.2) is 77.0 Å². The lowest BCUT2D eigenvalue weighted by molar-refractivity contribution is -0.142. The highest BCUT2D eigenvalue weighted by Gasteiger charge is 2.29. The molecule has 9 nitrogen and oxygen atoms in total. The first-order valence-corrected chi connectivity index (χ1v) is 12.7. The molecule has 0 aromatic carbocycles. The van der Waals surface area contributed by atoms with E-state index >= 15 is 0 Å². The predicted octanol–water partition coefficient (Wildman–Crippen LogP) is 0.425. The Morgan fingerprint density at radius 2 is 1.20 bits per heavy atom. The molecule has 11 heteroatoms. The lowest BCUT2D eigenvalue weighted by Gasteiger charge is -2.25. The normalized spacial score (nSPS) is 15.0. The van der Waals surface area contributed by atoms with Crippen molar-refractivity contribution in [3.05, 3.63) is 0 Å². The van der Waals surface area contributed by atoms with Crippen molar-refractivity contribution < 1.29 is 24.3 Å². The number of carbonyl (C=O) groups excluding carboxylic acids is 3. The Kier molecular flexibility index (Phi) is 14.6. The van der Waals surface area contributed by atoms with Gasteiger partial charge in [0.05, 0.1) is 6.04 Å². The molecule has 0 heterocycles. The maximum atomic E-state index is 12.8. The van der Waals surface area contributed by atoms with Crippen molar-refractivity contribution in [1.29, 1.82) is 0 Å². The second-order valence-electron chi connectivity index (χ2n) is 7.50. The number of rotatable bonds is 15. The summed E-state index contributed by atoms with van der Waals surface area (Å²) in [6, 6.07) is -3.52. The molecular weight excluding hydrogens is 428 g/mol. The van der Waals surface area contributed by atoms with Gasteiger partial charge in [-0.15, -0.1) is 0 Å². The average Bonchev–Trinajstić information content (AvgIpc) is 2.66. The summed E-state index contributed by atoms with van der Waals surface area (Å²) in [7, 11) is 0. The smallest absolute Gasteiger partial charge is 0.326 e. The van der Waals surface area contributed by atoms with Gasteiger partial charge in [0.25, 0.3) is 0 Å². The Hall–Kier alpha value is -1.46. The van der Waals surface area contributed by atoms with Crippen molar-refractivity contribution in [2.24, 2.45) is 11.7 Å². The summed E-state index contributed by atoms with van der Waals surface area (Å²) in [5, 5.41) is 17.2. The first-order valence-electron chi connectivity index (χ1n) is 9.90. The van der Waals surface area contributed by atoms with Crippen LogP contribution < -0.4 is 21.7 Å². The summed E-state index contributed by atoms with van der Waals surface area (Å²) in [4.78, 5) is 49.0. The zero-order chi connectivity index (χ0) is 23.3. The van der Waals surface area contributed by atoms with E-state index in [4.69, 9.17) is 5.73 Å². The molecule has 0 aromatic rings. The zero-order valence-electron chi connectivity index (χ0n) is 18.4. The largest absolute Gasteiger partial charge is 0.480 e. The van der Waals surface area contributed by atoms with Crippen LogP contribution in [0.25, 0.3) is 0 Å². The molecule has 4 unspecified atom stereocenters. The highest BCUT2D eigenvalue weighted by molar-refractivity contribution is 7.98. The Morgan fingerprint density at radius 3 is 1.53 bits per heavy atom. The molecule has 0 aliphatic heterocycles. The number of carboxylic acid groups (broad SMARTS) is 1. The molecule has 4 atom stereocenters. The molecular formula is C19H36N4O5S2. The molecule has 30 heavy (non-hydrogen) atoms. The third kappa shape index (κ3) is 11.7. The Morgan fingerprint density at radius 1 is 0.800 bits per heavy atom. The predicted molar refractivity (Wildman–Crippen MR) is 123 cm³/mol. The molecule has 0 spiro atoms. The Labute approximate surface area is 187 Å². The molecule has 0 saturated carbocycles. The lowest BCUT2D eigenvalue weighted by Crippen LogP contribution is -2.57. The highest BCUT2D eigenvalue weighted by Crippen LogP contribution is 2.08. The van der Waals surface area contributed by atoms with Gasteiger partial charge in [0.2, 0.25) is 17.7 Å². The summed E-state index contributed by atoms with van der Waals surface area (Å²) < 4.78 is 0. The molecule has 0 bridgehead atoms. The highest BCUT2D eigenvalue weighted by atomic mass is 32.2. The Bertz CT molecular complexity index is 575. The first kappa shape index (κ1) is 28.5.